The van der Waals surface area contributed by atoms with Gasteiger partial charge >= 0.3 is 11.7 Å². The number of aryl methyl sites for hydroxylation is 1. The second-order valence-electron chi connectivity index (χ2n) is 7.52. The van der Waals surface area contributed by atoms with E-state index in [1.54, 1.807) is 18.2 Å². The zero-order chi connectivity index (χ0) is 24.2. The van der Waals surface area contributed by atoms with Crippen molar-refractivity contribution in [2.75, 3.05) is 6.61 Å². The topological polar surface area (TPSA) is 138 Å². The molecule has 9 nitrogen and oxygen atoms in total. The van der Waals surface area contributed by atoms with Gasteiger partial charge in [0.15, 0.2) is 12.4 Å². The summed E-state index contributed by atoms with van der Waals surface area (Å²) in [5.41, 5.74) is 8.70. The SMILES string of the molecule is Cc1ccc(C2C(C#N)=C(N)Oc3cc(OC(=O)COc4ccccc4[N+](=O)[O-])ccc32)cc1. The first-order valence-electron chi connectivity index (χ1n) is 10.2. The van der Waals surface area contributed by atoms with E-state index < -0.39 is 23.4 Å². The molecule has 0 saturated carbocycles. The molecule has 0 saturated heterocycles. The van der Waals surface area contributed by atoms with Crippen LogP contribution in [0.4, 0.5) is 5.69 Å². The lowest BCUT2D eigenvalue weighted by Gasteiger charge is -2.26. The van der Waals surface area contributed by atoms with Gasteiger partial charge in [-0.3, -0.25) is 10.1 Å². The number of carbonyl (C=O) groups is 1. The van der Waals surface area contributed by atoms with Crippen molar-refractivity contribution in [3.05, 3.63) is 105 Å². The maximum Gasteiger partial charge on any atom is 0.349 e. The van der Waals surface area contributed by atoms with Crippen LogP contribution in [0.25, 0.3) is 0 Å². The molecule has 0 amide bonds. The number of nitrogens with two attached hydrogens (primary N) is 1. The normalized spacial score (nSPS) is 14.4. The van der Waals surface area contributed by atoms with Crippen molar-refractivity contribution in [2.45, 2.75) is 12.8 Å². The summed E-state index contributed by atoms with van der Waals surface area (Å²) >= 11 is 0. The fraction of sp³-hybridized carbons (Fsp3) is 0.120. The first kappa shape index (κ1) is 22.4. The van der Waals surface area contributed by atoms with E-state index in [1.807, 2.05) is 31.2 Å². The lowest BCUT2D eigenvalue weighted by molar-refractivity contribution is -0.385. The molecule has 0 aliphatic carbocycles. The maximum absolute atomic E-state index is 12.3. The minimum atomic E-state index is -0.759. The van der Waals surface area contributed by atoms with E-state index in [1.165, 1.54) is 24.3 Å². The van der Waals surface area contributed by atoms with Crippen LogP contribution in [0.15, 0.2) is 78.2 Å². The third kappa shape index (κ3) is 4.52. The fourth-order valence-electron chi connectivity index (χ4n) is 3.63. The number of rotatable bonds is 6. The summed E-state index contributed by atoms with van der Waals surface area (Å²) in [6.45, 7) is 1.44. The monoisotopic (exact) mass is 457 g/mol. The van der Waals surface area contributed by atoms with Crippen LogP contribution in [0.2, 0.25) is 0 Å². The molecule has 1 aliphatic heterocycles. The number of hydrogen-bond acceptors (Lipinski definition) is 8. The molecule has 9 heteroatoms. The third-order valence-corrected chi connectivity index (χ3v) is 5.24. The molecule has 0 aromatic heterocycles. The standard InChI is InChI=1S/C25H19N3O6/c1-15-6-8-16(9-7-15)24-18-11-10-17(12-22(18)34-25(27)19(24)13-26)33-23(29)14-32-21-5-3-2-4-20(21)28(30)31/h2-12,24H,14,27H2,1H3. The van der Waals surface area contributed by atoms with E-state index in [9.17, 15) is 20.2 Å². The van der Waals surface area contributed by atoms with Crippen molar-refractivity contribution in [3.63, 3.8) is 0 Å². The fourth-order valence-corrected chi connectivity index (χ4v) is 3.63. The van der Waals surface area contributed by atoms with Gasteiger partial charge in [0.25, 0.3) is 0 Å². The first-order chi connectivity index (χ1) is 16.4. The van der Waals surface area contributed by atoms with Crippen molar-refractivity contribution in [2.24, 2.45) is 5.73 Å². The third-order valence-electron chi connectivity index (χ3n) is 5.24. The Morgan fingerprint density at radius 3 is 2.62 bits per heavy atom. The Hall–Kier alpha value is -4.84. The minimum Gasteiger partial charge on any atom is -0.475 e. The molecular weight excluding hydrogens is 438 g/mol. The molecule has 1 unspecified atom stereocenters. The first-order valence-corrected chi connectivity index (χ1v) is 10.2. The molecule has 0 bridgehead atoms. The van der Waals surface area contributed by atoms with Crippen molar-refractivity contribution < 1.29 is 23.9 Å². The Balaban J connectivity index is 1.53. The second kappa shape index (κ2) is 9.34. The van der Waals surface area contributed by atoms with Gasteiger partial charge in [0.1, 0.15) is 23.1 Å². The van der Waals surface area contributed by atoms with Crippen molar-refractivity contribution in [1.29, 1.82) is 5.26 Å². The van der Waals surface area contributed by atoms with Crippen molar-refractivity contribution in [1.82, 2.24) is 0 Å². The van der Waals surface area contributed by atoms with E-state index in [0.717, 1.165) is 11.1 Å². The largest absolute Gasteiger partial charge is 0.475 e. The summed E-state index contributed by atoms with van der Waals surface area (Å²) < 4.78 is 16.2. The highest BCUT2D eigenvalue weighted by Gasteiger charge is 2.31. The smallest absolute Gasteiger partial charge is 0.349 e. The maximum atomic E-state index is 12.3. The number of nitriles is 1. The zero-order valence-corrected chi connectivity index (χ0v) is 18.1. The highest BCUT2D eigenvalue weighted by Crippen LogP contribution is 2.43. The molecule has 0 fully saturated rings. The Labute approximate surface area is 194 Å². The molecule has 3 aromatic carbocycles. The number of nitro benzene ring substituents is 1. The second-order valence-corrected chi connectivity index (χ2v) is 7.52. The van der Waals surface area contributed by atoms with E-state index in [-0.39, 0.29) is 23.1 Å². The van der Waals surface area contributed by atoms with Gasteiger partial charge in [-0.25, -0.2) is 4.79 Å². The molecule has 0 radical (unpaired) electrons. The molecule has 2 N–H and O–H groups in total. The minimum absolute atomic E-state index is 0.0243. The predicted octanol–water partition coefficient (Wildman–Crippen LogP) is 4.11. The van der Waals surface area contributed by atoms with Gasteiger partial charge in [-0.2, -0.15) is 5.26 Å². The van der Waals surface area contributed by atoms with E-state index in [0.29, 0.717) is 16.9 Å². The van der Waals surface area contributed by atoms with Gasteiger partial charge in [-0.05, 0) is 24.6 Å². The highest BCUT2D eigenvalue weighted by molar-refractivity contribution is 5.74. The van der Waals surface area contributed by atoms with Crippen LogP contribution >= 0.6 is 0 Å². The number of para-hydroxylation sites is 2. The average Bonchev–Trinajstić information content (AvgIpc) is 2.82. The van der Waals surface area contributed by atoms with Gasteiger partial charge in [-0.15, -0.1) is 0 Å². The molecule has 4 rings (SSSR count). The van der Waals surface area contributed by atoms with Crippen LogP contribution in [0.3, 0.4) is 0 Å². The Morgan fingerprint density at radius 2 is 1.91 bits per heavy atom. The van der Waals surface area contributed by atoms with Crippen LogP contribution in [-0.2, 0) is 4.79 Å². The van der Waals surface area contributed by atoms with Crippen LogP contribution < -0.4 is 19.9 Å². The van der Waals surface area contributed by atoms with Crippen LogP contribution in [0.5, 0.6) is 17.2 Å². The molecule has 1 atom stereocenters. The number of carbonyl (C=O) groups excluding carboxylic acids is 1. The molecule has 1 aliphatic rings. The number of fused-ring (bicyclic) bond motifs is 1. The molecular formula is C25H19N3O6. The van der Waals surface area contributed by atoms with Crippen LogP contribution in [0, 0.1) is 28.4 Å². The number of benzene rings is 3. The van der Waals surface area contributed by atoms with Crippen molar-refractivity contribution >= 4 is 11.7 Å². The van der Waals surface area contributed by atoms with Crippen molar-refractivity contribution in [3.8, 4) is 23.3 Å². The molecule has 34 heavy (non-hydrogen) atoms. The van der Waals surface area contributed by atoms with Gasteiger partial charge < -0.3 is 19.9 Å². The Morgan fingerprint density at radius 1 is 1.18 bits per heavy atom. The van der Waals surface area contributed by atoms with E-state index >= 15 is 0 Å². The molecule has 0 spiro atoms. The predicted molar refractivity (Wildman–Crippen MR) is 121 cm³/mol. The molecule has 170 valence electrons. The summed E-state index contributed by atoms with van der Waals surface area (Å²) in [6, 6.07) is 20.4. The Bertz CT molecular complexity index is 1340. The summed E-state index contributed by atoms with van der Waals surface area (Å²) in [5, 5.41) is 20.7. The average molecular weight is 457 g/mol. The van der Waals surface area contributed by atoms with E-state index in [2.05, 4.69) is 6.07 Å². The summed E-state index contributed by atoms with van der Waals surface area (Å²) in [6.07, 6.45) is 0. The van der Waals surface area contributed by atoms with Crippen LogP contribution in [-0.4, -0.2) is 17.5 Å². The number of nitro groups is 1. The number of allylic oxidation sites excluding steroid dienone is 1. The van der Waals surface area contributed by atoms with E-state index in [4.69, 9.17) is 19.9 Å². The zero-order valence-electron chi connectivity index (χ0n) is 18.1. The summed E-state index contributed by atoms with van der Waals surface area (Å²) in [4.78, 5) is 22.8. The van der Waals surface area contributed by atoms with Gasteiger partial charge in [0, 0.05) is 17.7 Å². The van der Waals surface area contributed by atoms with Gasteiger partial charge in [0.05, 0.1) is 10.8 Å². The summed E-state index contributed by atoms with van der Waals surface area (Å²) in [7, 11) is 0. The van der Waals surface area contributed by atoms with Gasteiger partial charge in [0.2, 0.25) is 5.88 Å². The number of esters is 1. The highest BCUT2D eigenvalue weighted by atomic mass is 16.6. The van der Waals surface area contributed by atoms with Crippen LogP contribution in [0.1, 0.15) is 22.6 Å². The lowest BCUT2D eigenvalue weighted by Crippen LogP contribution is -2.21. The quantitative estimate of drug-likeness (QED) is 0.253. The number of nitrogens with zero attached hydrogens (tertiary/aromatic N) is 2. The van der Waals surface area contributed by atoms with Gasteiger partial charge in [-0.1, -0.05) is 48.0 Å². The lowest BCUT2D eigenvalue weighted by atomic mass is 9.83. The summed E-state index contributed by atoms with van der Waals surface area (Å²) in [5.74, 6) is -0.728. The Kier molecular flexibility index (Phi) is 6.14. The molecule has 3 aromatic rings. The molecule has 1 heterocycles. The number of hydrogen-bond donors (Lipinski definition) is 1. The number of ether oxygens (including phenoxy) is 3.